The van der Waals surface area contributed by atoms with Gasteiger partial charge in [-0.2, -0.15) is 0 Å². The average molecular weight is 317 g/mol. The summed E-state index contributed by atoms with van der Waals surface area (Å²) in [6, 6.07) is 12.4. The van der Waals surface area contributed by atoms with E-state index >= 15 is 0 Å². The van der Waals surface area contributed by atoms with Crippen molar-refractivity contribution in [3.63, 3.8) is 0 Å². The van der Waals surface area contributed by atoms with Crippen molar-refractivity contribution in [2.24, 2.45) is 0 Å². The number of aliphatic hydroxyl groups is 1. The van der Waals surface area contributed by atoms with E-state index in [1.54, 1.807) is 30.3 Å². The van der Waals surface area contributed by atoms with Crippen molar-refractivity contribution in [1.29, 1.82) is 0 Å². The lowest BCUT2D eigenvalue weighted by molar-refractivity contribution is 0.475. The van der Waals surface area contributed by atoms with E-state index in [9.17, 15) is 14.7 Å². The summed E-state index contributed by atoms with van der Waals surface area (Å²) in [4.78, 5) is 29.5. The first-order valence-electron chi connectivity index (χ1n) is 7.96. The number of fused-ring (bicyclic) bond motifs is 2. The zero-order valence-electron chi connectivity index (χ0n) is 13.2. The molecule has 0 bridgehead atoms. The molecule has 0 spiro atoms. The van der Waals surface area contributed by atoms with Gasteiger partial charge in [0.2, 0.25) is 0 Å². The van der Waals surface area contributed by atoms with Crippen molar-refractivity contribution in [2.75, 3.05) is 0 Å². The third-order valence-electron chi connectivity index (χ3n) is 4.44. The van der Waals surface area contributed by atoms with Crippen molar-refractivity contribution >= 4 is 27.4 Å². The van der Waals surface area contributed by atoms with Gasteiger partial charge in [0.15, 0.2) is 5.43 Å². The molecule has 1 aliphatic carbocycles. The molecule has 24 heavy (non-hydrogen) atoms. The van der Waals surface area contributed by atoms with E-state index in [1.807, 2.05) is 19.1 Å². The first-order valence-corrected chi connectivity index (χ1v) is 7.96. The SMILES string of the molecule is CCCC(O)=c1c(=O)nc2cccc3c2=c1c1ccccc1c3=O. The maximum Gasteiger partial charge on any atom is 0.281 e. The summed E-state index contributed by atoms with van der Waals surface area (Å²) in [5.74, 6) is 0.0332. The van der Waals surface area contributed by atoms with Gasteiger partial charge in [-0.1, -0.05) is 43.3 Å². The van der Waals surface area contributed by atoms with Crippen LogP contribution in [0.3, 0.4) is 0 Å². The molecule has 0 atom stereocenters. The van der Waals surface area contributed by atoms with Crippen LogP contribution >= 0.6 is 0 Å². The molecule has 0 aromatic heterocycles. The highest BCUT2D eigenvalue weighted by atomic mass is 16.3. The molecule has 1 N–H and O–H groups in total. The maximum absolute atomic E-state index is 12.8. The maximum atomic E-state index is 12.8. The zero-order valence-corrected chi connectivity index (χ0v) is 13.2. The summed E-state index contributed by atoms with van der Waals surface area (Å²) in [5, 5.41) is 13.7. The van der Waals surface area contributed by atoms with Crippen LogP contribution < -0.4 is 16.2 Å². The lowest BCUT2D eigenvalue weighted by Gasteiger charge is -2.07. The van der Waals surface area contributed by atoms with E-state index in [4.69, 9.17) is 0 Å². The van der Waals surface area contributed by atoms with Gasteiger partial charge in [0.25, 0.3) is 5.56 Å². The van der Waals surface area contributed by atoms with Gasteiger partial charge in [-0.25, -0.2) is 4.98 Å². The van der Waals surface area contributed by atoms with Gasteiger partial charge in [0, 0.05) is 27.6 Å². The molecule has 4 nitrogen and oxygen atoms in total. The van der Waals surface area contributed by atoms with Gasteiger partial charge >= 0.3 is 0 Å². The van der Waals surface area contributed by atoms with Crippen LogP contribution in [0.15, 0.2) is 52.1 Å². The second kappa shape index (κ2) is 5.27. The summed E-state index contributed by atoms with van der Waals surface area (Å²) < 4.78 is 0. The zero-order chi connectivity index (χ0) is 16.8. The molecule has 0 amide bonds. The average Bonchev–Trinajstić information content (AvgIpc) is 2.59. The van der Waals surface area contributed by atoms with Crippen molar-refractivity contribution in [1.82, 2.24) is 4.98 Å². The minimum Gasteiger partial charge on any atom is -0.511 e. The number of rotatable bonds is 2. The van der Waals surface area contributed by atoms with Crippen LogP contribution in [0.4, 0.5) is 0 Å². The van der Waals surface area contributed by atoms with Crippen molar-refractivity contribution in [2.45, 2.75) is 19.8 Å². The number of aromatic nitrogens is 1. The Balaban J connectivity index is 2.56. The summed E-state index contributed by atoms with van der Waals surface area (Å²) in [5.41, 5.74) is -0.0433. The predicted molar refractivity (Wildman–Crippen MR) is 94.4 cm³/mol. The van der Waals surface area contributed by atoms with Crippen LogP contribution in [0.2, 0.25) is 0 Å². The van der Waals surface area contributed by atoms with E-state index in [1.165, 1.54) is 0 Å². The molecule has 4 heteroatoms. The third-order valence-corrected chi connectivity index (χ3v) is 4.44. The Kier molecular flexibility index (Phi) is 3.20. The Morgan fingerprint density at radius 2 is 1.67 bits per heavy atom. The highest BCUT2D eigenvalue weighted by Crippen LogP contribution is 2.18. The molecule has 0 fully saturated rings. The third kappa shape index (κ3) is 1.89. The minimum absolute atomic E-state index is 0.0332. The Morgan fingerprint density at radius 1 is 0.958 bits per heavy atom. The van der Waals surface area contributed by atoms with Crippen molar-refractivity contribution in [3.8, 4) is 0 Å². The first-order chi connectivity index (χ1) is 11.6. The summed E-state index contributed by atoms with van der Waals surface area (Å²) in [6.45, 7) is 1.93. The van der Waals surface area contributed by atoms with Crippen LogP contribution in [-0.4, -0.2) is 10.1 Å². The molecule has 2 aromatic rings. The van der Waals surface area contributed by atoms with Crippen LogP contribution in [-0.2, 0) is 0 Å². The number of hydrogen-bond acceptors (Lipinski definition) is 4. The van der Waals surface area contributed by atoms with Gasteiger partial charge in [-0.05, 0) is 17.9 Å². The predicted octanol–water partition coefficient (Wildman–Crippen LogP) is 2.46. The Labute approximate surface area is 136 Å². The van der Waals surface area contributed by atoms with Crippen molar-refractivity contribution < 1.29 is 5.11 Å². The first kappa shape index (κ1) is 14.6. The molecule has 118 valence electrons. The van der Waals surface area contributed by atoms with E-state index in [0.29, 0.717) is 45.0 Å². The van der Waals surface area contributed by atoms with Crippen LogP contribution in [0.5, 0.6) is 0 Å². The Bertz CT molecular complexity index is 1310. The van der Waals surface area contributed by atoms with Gasteiger partial charge in [-0.3, -0.25) is 9.59 Å². The summed E-state index contributed by atoms with van der Waals surface area (Å²) in [7, 11) is 0. The Hall–Kier alpha value is -3.01. The topological polar surface area (TPSA) is 67.3 Å². The lowest BCUT2D eigenvalue weighted by Crippen LogP contribution is -2.32. The smallest absolute Gasteiger partial charge is 0.281 e. The molecule has 0 unspecified atom stereocenters. The fourth-order valence-corrected chi connectivity index (χ4v) is 3.43. The largest absolute Gasteiger partial charge is 0.511 e. The molecule has 1 heterocycles. The number of hydrogen-bond donors (Lipinski definition) is 1. The normalized spacial score (nSPS) is 13.0. The molecule has 2 aromatic carbocycles. The molecular weight excluding hydrogens is 302 g/mol. The second-order valence-corrected chi connectivity index (χ2v) is 5.94. The van der Waals surface area contributed by atoms with Gasteiger partial charge in [-0.15, -0.1) is 0 Å². The summed E-state index contributed by atoms with van der Waals surface area (Å²) >= 11 is 0. The van der Waals surface area contributed by atoms with E-state index < -0.39 is 5.56 Å². The number of benzene rings is 2. The fourth-order valence-electron chi connectivity index (χ4n) is 3.43. The van der Waals surface area contributed by atoms with Crippen LogP contribution in [0, 0.1) is 10.4 Å². The lowest BCUT2D eigenvalue weighted by atomic mass is 9.98. The minimum atomic E-state index is -0.454. The van der Waals surface area contributed by atoms with Gasteiger partial charge < -0.3 is 5.11 Å². The standard InChI is InChI=1S/C20H15NO3/c1-2-6-15(22)18-17-11-7-3-4-8-12(11)19(23)13-9-5-10-14(16(13)17)21-20(18)24/h3-5,7-10,22H,2,6H2,1H3. The highest BCUT2D eigenvalue weighted by Gasteiger charge is 2.14. The molecule has 0 saturated heterocycles. The van der Waals surface area contributed by atoms with Gasteiger partial charge in [0.1, 0.15) is 5.76 Å². The van der Waals surface area contributed by atoms with E-state index in [-0.39, 0.29) is 16.4 Å². The van der Waals surface area contributed by atoms with Crippen molar-refractivity contribution in [3.05, 3.63) is 78.7 Å². The van der Waals surface area contributed by atoms with Crippen LogP contribution in [0.25, 0.3) is 27.4 Å². The number of aliphatic hydroxyl groups excluding tert-OH is 1. The molecular formula is C20H15NO3. The second-order valence-electron chi connectivity index (χ2n) is 5.94. The van der Waals surface area contributed by atoms with E-state index in [2.05, 4.69) is 4.98 Å². The van der Waals surface area contributed by atoms with E-state index in [0.717, 1.165) is 0 Å². The number of nitrogens with zero attached hydrogens (tertiary/aromatic N) is 1. The monoisotopic (exact) mass is 317 g/mol. The van der Waals surface area contributed by atoms with Gasteiger partial charge in [0.05, 0.1) is 10.7 Å². The molecule has 4 rings (SSSR count). The highest BCUT2D eigenvalue weighted by molar-refractivity contribution is 5.90. The quantitative estimate of drug-likeness (QED) is 0.617. The Morgan fingerprint density at radius 3 is 2.42 bits per heavy atom. The molecule has 1 aliphatic heterocycles. The van der Waals surface area contributed by atoms with Crippen LogP contribution in [0.1, 0.15) is 19.8 Å². The molecule has 0 radical (unpaired) electrons. The fraction of sp³-hybridized carbons (Fsp3) is 0.150. The summed E-state index contributed by atoms with van der Waals surface area (Å²) in [6.07, 6.45) is 1.11. The molecule has 0 saturated carbocycles. The molecule has 2 aliphatic rings.